The summed E-state index contributed by atoms with van der Waals surface area (Å²) in [5, 5.41) is 21.3. The maximum Gasteiger partial charge on any atom is 0.410 e. The van der Waals surface area contributed by atoms with E-state index in [0.717, 1.165) is 11.4 Å². The first kappa shape index (κ1) is 25.4. The van der Waals surface area contributed by atoms with Gasteiger partial charge in [-0.2, -0.15) is 4.98 Å². The third-order valence-corrected chi connectivity index (χ3v) is 6.22. The van der Waals surface area contributed by atoms with Crippen molar-refractivity contribution < 1.29 is 19.4 Å². The number of aliphatic hydroxyl groups is 1. The number of carbonyl (C=O) groups excluding carboxylic acids is 2. The Hall–Kier alpha value is -3.66. The molecule has 1 aliphatic heterocycles. The van der Waals surface area contributed by atoms with Gasteiger partial charge in [0.05, 0.1) is 6.10 Å². The van der Waals surface area contributed by atoms with Gasteiger partial charge >= 0.3 is 6.09 Å². The molecular weight excluding hydrogens is 460 g/mol. The van der Waals surface area contributed by atoms with E-state index in [1.165, 1.54) is 0 Å². The number of aromatic nitrogens is 3. The highest BCUT2D eigenvalue weighted by atomic mass is 16.6. The number of hydrogen-bond acceptors (Lipinski definition) is 7. The Morgan fingerprint density at radius 1 is 1.14 bits per heavy atom. The van der Waals surface area contributed by atoms with Gasteiger partial charge in [0.1, 0.15) is 5.60 Å². The van der Waals surface area contributed by atoms with Crippen molar-refractivity contribution in [2.75, 3.05) is 25.5 Å². The number of hydrogen-bond donors (Lipinski definition) is 3. The minimum atomic E-state index is -0.561. The lowest BCUT2D eigenvalue weighted by molar-refractivity contribution is 0.00783. The summed E-state index contributed by atoms with van der Waals surface area (Å²) in [7, 11) is 1.59. The molecule has 0 bridgehead atoms. The highest BCUT2D eigenvalue weighted by molar-refractivity contribution is 5.94. The first-order valence-electron chi connectivity index (χ1n) is 12.2. The fourth-order valence-electron chi connectivity index (χ4n) is 4.32. The molecule has 36 heavy (non-hydrogen) atoms. The van der Waals surface area contributed by atoms with E-state index < -0.39 is 11.7 Å². The fourth-order valence-corrected chi connectivity index (χ4v) is 4.32. The van der Waals surface area contributed by atoms with Crippen LogP contribution in [0.25, 0.3) is 5.65 Å². The lowest BCUT2D eigenvalue weighted by atomic mass is 9.89. The number of aliphatic hydroxyl groups excluding tert-OH is 1. The second-order valence-electron chi connectivity index (χ2n) is 10.1. The molecule has 2 aromatic heterocycles. The molecule has 0 spiro atoms. The number of rotatable bonds is 6. The summed E-state index contributed by atoms with van der Waals surface area (Å²) in [6, 6.07) is 12.7. The average Bonchev–Trinajstić information content (AvgIpc) is 3.26. The van der Waals surface area contributed by atoms with Crippen molar-refractivity contribution >= 4 is 29.3 Å². The second-order valence-corrected chi connectivity index (χ2v) is 10.1. The highest BCUT2D eigenvalue weighted by Gasteiger charge is 2.30. The van der Waals surface area contributed by atoms with Gasteiger partial charge < -0.3 is 25.4 Å². The molecular formula is C26H34N6O4. The maximum atomic E-state index is 12.3. The second kappa shape index (κ2) is 10.5. The van der Waals surface area contributed by atoms with Crippen LogP contribution in [0, 0.1) is 5.92 Å². The highest BCUT2D eigenvalue weighted by Crippen LogP contribution is 2.25. The molecule has 1 unspecified atom stereocenters. The summed E-state index contributed by atoms with van der Waals surface area (Å²) in [4.78, 5) is 30.3. The number of benzene rings is 1. The molecule has 2 amide bonds. The van der Waals surface area contributed by atoms with E-state index in [2.05, 4.69) is 20.7 Å². The predicted molar refractivity (Wildman–Crippen MR) is 136 cm³/mol. The van der Waals surface area contributed by atoms with Crippen LogP contribution in [0.3, 0.4) is 0 Å². The zero-order valence-corrected chi connectivity index (χ0v) is 21.2. The van der Waals surface area contributed by atoms with Gasteiger partial charge in [-0.05, 0) is 75.9 Å². The molecule has 1 saturated heterocycles. The van der Waals surface area contributed by atoms with E-state index in [1.54, 1.807) is 40.7 Å². The zero-order chi connectivity index (χ0) is 25.9. The lowest BCUT2D eigenvalue weighted by Crippen LogP contribution is -2.44. The topological polar surface area (TPSA) is 121 Å². The summed E-state index contributed by atoms with van der Waals surface area (Å²) in [5.74, 6) is 0.361. The predicted octanol–water partition coefficient (Wildman–Crippen LogP) is 3.38. The van der Waals surface area contributed by atoms with Gasteiger partial charge in [-0.25, -0.2) is 9.31 Å². The Kier molecular flexibility index (Phi) is 7.44. The van der Waals surface area contributed by atoms with Crippen LogP contribution in [-0.4, -0.2) is 68.4 Å². The number of anilines is 2. The van der Waals surface area contributed by atoms with Gasteiger partial charge in [-0.15, -0.1) is 5.10 Å². The molecule has 10 nitrogen and oxygen atoms in total. The summed E-state index contributed by atoms with van der Waals surface area (Å²) in [6.45, 7) is 6.70. The van der Waals surface area contributed by atoms with Crippen molar-refractivity contribution in [1.82, 2.24) is 24.8 Å². The number of fused-ring (bicyclic) bond motifs is 1. The molecule has 1 aliphatic rings. The third-order valence-electron chi connectivity index (χ3n) is 6.22. The molecule has 3 heterocycles. The number of amides is 2. The van der Waals surface area contributed by atoms with Gasteiger partial charge in [0.15, 0.2) is 5.65 Å². The molecule has 1 fully saturated rings. The Bertz CT molecular complexity index is 1210. The quantitative estimate of drug-likeness (QED) is 0.480. The van der Waals surface area contributed by atoms with Crippen LogP contribution in [0.15, 0.2) is 42.5 Å². The molecule has 0 aliphatic carbocycles. The molecule has 1 aromatic carbocycles. The Balaban J connectivity index is 1.39. The normalized spacial score (nSPS) is 15.5. The van der Waals surface area contributed by atoms with E-state index >= 15 is 0 Å². The minimum absolute atomic E-state index is 0.0823. The molecule has 1 atom stereocenters. The Morgan fingerprint density at radius 2 is 1.83 bits per heavy atom. The van der Waals surface area contributed by atoms with E-state index in [0.29, 0.717) is 49.5 Å². The van der Waals surface area contributed by atoms with E-state index in [1.807, 2.05) is 39.0 Å². The van der Waals surface area contributed by atoms with Crippen LogP contribution in [0.4, 0.5) is 16.4 Å². The number of carbonyl (C=O) groups is 2. The van der Waals surface area contributed by atoms with Crippen molar-refractivity contribution in [2.24, 2.45) is 5.92 Å². The molecule has 3 aromatic rings. The summed E-state index contributed by atoms with van der Waals surface area (Å²) >= 11 is 0. The van der Waals surface area contributed by atoms with Crippen LogP contribution in [0.5, 0.6) is 0 Å². The minimum Gasteiger partial charge on any atom is -0.444 e. The number of nitrogens with one attached hydrogen (secondary N) is 2. The number of ether oxygens (including phenoxy) is 1. The number of pyridine rings is 1. The summed E-state index contributed by atoms with van der Waals surface area (Å²) < 4.78 is 7.20. The van der Waals surface area contributed by atoms with Crippen LogP contribution < -0.4 is 10.6 Å². The molecule has 0 saturated carbocycles. The molecule has 10 heteroatoms. The van der Waals surface area contributed by atoms with Gasteiger partial charge in [-0.3, -0.25) is 4.79 Å². The SMILES string of the molecule is CNC(=O)c1ccc(Nc2nc3cccc(CC(O)C4CCN(C(=O)OC(C)(C)C)CC4)n3n2)cc1. The van der Waals surface area contributed by atoms with Gasteiger partial charge in [-0.1, -0.05) is 6.07 Å². The van der Waals surface area contributed by atoms with Gasteiger partial charge in [0.25, 0.3) is 5.91 Å². The molecule has 192 valence electrons. The first-order valence-corrected chi connectivity index (χ1v) is 12.2. The van der Waals surface area contributed by atoms with E-state index in [9.17, 15) is 14.7 Å². The van der Waals surface area contributed by atoms with Crippen molar-refractivity contribution in [3.05, 3.63) is 53.7 Å². The standard InChI is InChI=1S/C26H34N6O4/c1-26(2,3)36-25(35)31-14-12-17(13-15-31)21(33)16-20-6-5-7-22-29-24(30-32(20)22)28-19-10-8-18(9-11-19)23(34)27-4/h5-11,17,21,33H,12-16H2,1-4H3,(H,27,34)(H,28,30). The van der Waals surface area contributed by atoms with Gasteiger partial charge in [0.2, 0.25) is 5.95 Å². The smallest absolute Gasteiger partial charge is 0.410 e. The van der Waals surface area contributed by atoms with E-state index in [4.69, 9.17) is 4.74 Å². The number of nitrogens with zero attached hydrogens (tertiary/aromatic N) is 4. The molecule has 0 radical (unpaired) electrons. The molecule has 3 N–H and O–H groups in total. The third kappa shape index (κ3) is 6.12. The largest absolute Gasteiger partial charge is 0.444 e. The van der Waals surface area contributed by atoms with Crippen molar-refractivity contribution in [1.29, 1.82) is 0 Å². The maximum absolute atomic E-state index is 12.3. The molecule has 4 rings (SSSR count). The van der Waals surface area contributed by atoms with E-state index in [-0.39, 0.29) is 17.9 Å². The van der Waals surface area contributed by atoms with Crippen LogP contribution >= 0.6 is 0 Å². The Labute approximate surface area is 210 Å². The average molecular weight is 495 g/mol. The van der Waals surface area contributed by atoms with Crippen LogP contribution in [0.1, 0.15) is 49.7 Å². The van der Waals surface area contributed by atoms with Crippen LogP contribution in [-0.2, 0) is 11.2 Å². The first-order chi connectivity index (χ1) is 17.1. The van der Waals surface area contributed by atoms with Crippen molar-refractivity contribution in [2.45, 2.75) is 51.7 Å². The zero-order valence-electron chi connectivity index (χ0n) is 21.2. The van der Waals surface area contributed by atoms with Crippen molar-refractivity contribution in [3.63, 3.8) is 0 Å². The number of piperidine rings is 1. The summed E-state index contributed by atoms with van der Waals surface area (Å²) in [6.07, 6.45) is 0.998. The Morgan fingerprint density at radius 3 is 2.47 bits per heavy atom. The van der Waals surface area contributed by atoms with Gasteiger partial charge in [0, 0.05) is 43.5 Å². The lowest BCUT2D eigenvalue weighted by Gasteiger charge is -2.35. The fraction of sp³-hybridized carbons (Fsp3) is 0.462. The van der Waals surface area contributed by atoms with Crippen LogP contribution in [0.2, 0.25) is 0 Å². The number of likely N-dealkylation sites (tertiary alicyclic amines) is 1. The van der Waals surface area contributed by atoms with Crippen molar-refractivity contribution in [3.8, 4) is 0 Å². The summed E-state index contributed by atoms with van der Waals surface area (Å²) in [5.41, 5.74) is 2.33. The monoisotopic (exact) mass is 494 g/mol.